The molecule has 2 rings (SSSR count). The first-order valence-corrected chi connectivity index (χ1v) is 7.77. The van der Waals surface area contributed by atoms with Crippen LogP contribution < -0.4 is 4.31 Å². The van der Waals surface area contributed by atoms with Gasteiger partial charge in [-0.25, -0.2) is 8.42 Å². The molecule has 0 amide bonds. The highest BCUT2D eigenvalue weighted by molar-refractivity contribution is 7.92. The molecule has 0 saturated heterocycles. The van der Waals surface area contributed by atoms with Crippen molar-refractivity contribution in [3.63, 3.8) is 0 Å². The van der Waals surface area contributed by atoms with Crippen molar-refractivity contribution in [2.75, 3.05) is 10.8 Å². The summed E-state index contributed by atoms with van der Waals surface area (Å²) in [6.07, 6.45) is 0. The van der Waals surface area contributed by atoms with Gasteiger partial charge in [0.2, 0.25) is 0 Å². The Labute approximate surface area is 119 Å². The number of benzene rings is 2. The van der Waals surface area contributed by atoms with Crippen LogP contribution in [0.2, 0.25) is 0 Å². The highest BCUT2D eigenvalue weighted by Gasteiger charge is 2.23. The van der Waals surface area contributed by atoms with Crippen LogP contribution in [0.5, 0.6) is 5.75 Å². The van der Waals surface area contributed by atoms with Crippen LogP contribution in [-0.4, -0.2) is 20.1 Å². The highest BCUT2D eigenvalue weighted by atomic mass is 32.2. The summed E-state index contributed by atoms with van der Waals surface area (Å²) in [6.45, 7) is 4.01. The van der Waals surface area contributed by atoms with Gasteiger partial charge in [-0.05, 0) is 50.2 Å². The van der Waals surface area contributed by atoms with E-state index < -0.39 is 10.0 Å². The molecule has 0 aliphatic rings. The first kappa shape index (κ1) is 14.4. The number of phenolic OH excluding ortho intramolecular Hbond substituents is 1. The average Bonchev–Trinajstić information content (AvgIpc) is 2.42. The molecule has 106 valence electrons. The van der Waals surface area contributed by atoms with E-state index in [1.165, 1.54) is 16.4 Å². The fraction of sp³-hybridized carbons (Fsp3) is 0.200. The van der Waals surface area contributed by atoms with Crippen LogP contribution in [0.25, 0.3) is 0 Å². The van der Waals surface area contributed by atoms with Crippen molar-refractivity contribution >= 4 is 15.7 Å². The Morgan fingerprint density at radius 3 is 2.05 bits per heavy atom. The lowest BCUT2D eigenvalue weighted by atomic mass is 10.2. The van der Waals surface area contributed by atoms with Gasteiger partial charge in [0.05, 0.1) is 10.6 Å². The molecule has 20 heavy (non-hydrogen) atoms. The van der Waals surface area contributed by atoms with Gasteiger partial charge in [-0.1, -0.05) is 17.7 Å². The minimum atomic E-state index is -3.58. The molecular formula is C15H17NO3S. The normalized spacial score (nSPS) is 11.3. The fourth-order valence-electron chi connectivity index (χ4n) is 1.95. The van der Waals surface area contributed by atoms with Gasteiger partial charge >= 0.3 is 0 Å². The van der Waals surface area contributed by atoms with Gasteiger partial charge in [0, 0.05) is 6.54 Å². The molecule has 0 radical (unpaired) electrons. The van der Waals surface area contributed by atoms with Crippen LogP contribution in [0.1, 0.15) is 12.5 Å². The monoisotopic (exact) mass is 291 g/mol. The van der Waals surface area contributed by atoms with Crippen molar-refractivity contribution < 1.29 is 13.5 Å². The number of sulfonamides is 1. The average molecular weight is 291 g/mol. The number of hydrogen-bond acceptors (Lipinski definition) is 3. The molecule has 1 N–H and O–H groups in total. The van der Waals surface area contributed by atoms with Crippen LogP contribution in [-0.2, 0) is 10.0 Å². The molecule has 2 aromatic carbocycles. The minimum absolute atomic E-state index is 0.109. The van der Waals surface area contributed by atoms with Crippen molar-refractivity contribution in [1.82, 2.24) is 0 Å². The fourth-order valence-corrected chi connectivity index (χ4v) is 3.42. The first-order valence-electron chi connectivity index (χ1n) is 6.33. The van der Waals surface area contributed by atoms with Gasteiger partial charge in [0.1, 0.15) is 5.75 Å². The Balaban J connectivity index is 2.44. The maximum absolute atomic E-state index is 12.6. The van der Waals surface area contributed by atoms with Crippen molar-refractivity contribution in [1.29, 1.82) is 0 Å². The van der Waals surface area contributed by atoms with Gasteiger partial charge in [-0.3, -0.25) is 4.31 Å². The zero-order chi connectivity index (χ0) is 14.8. The highest BCUT2D eigenvalue weighted by Crippen LogP contribution is 2.25. The predicted molar refractivity (Wildman–Crippen MR) is 79.5 cm³/mol. The van der Waals surface area contributed by atoms with Gasteiger partial charge in [-0.15, -0.1) is 0 Å². The van der Waals surface area contributed by atoms with E-state index in [0.717, 1.165) is 5.56 Å². The van der Waals surface area contributed by atoms with Crippen molar-refractivity contribution in [2.24, 2.45) is 0 Å². The number of hydrogen-bond donors (Lipinski definition) is 1. The van der Waals surface area contributed by atoms with E-state index in [2.05, 4.69) is 0 Å². The quantitative estimate of drug-likeness (QED) is 0.942. The summed E-state index contributed by atoms with van der Waals surface area (Å²) in [5, 5.41) is 9.29. The standard InChI is InChI=1S/C15H17NO3S/c1-3-16(13-6-8-14(17)9-7-13)20(18,19)15-10-4-12(2)5-11-15/h4-11,17H,3H2,1-2H3. The van der Waals surface area contributed by atoms with Gasteiger partial charge in [0.15, 0.2) is 0 Å². The molecule has 0 aromatic heterocycles. The summed E-state index contributed by atoms with van der Waals surface area (Å²) in [7, 11) is -3.58. The molecule has 0 aliphatic carbocycles. The number of nitrogens with zero attached hydrogens (tertiary/aromatic N) is 1. The number of aryl methyl sites for hydroxylation is 1. The Morgan fingerprint density at radius 1 is 1.00 bits per heavy atom. The molecule has 0 bridgehead atoms. The minimum Gasteiger partial charge on any atom is -0.508 e. The second-order valence-corrected chi connectivity index (χ2v) is 6.36. The molecule has 0 atom stereocenters. The second-order valence-electron chi connectivity index (χ2n) is 4.50. The molecule has 0 fully saturated rings. The van der Waals surface area contributed by atoms with Gasteiger partial charge in [-0.2, -0.15) is 0 Å². The van der Waals surface area contributed by atoms with Crippen molar-refractivity contribution in [3.8, 4) is 5.75 Å². The summed E-state index contributed by atoms with van der Waals surface area (Å²) in [5.41, 5.74) is 1.54. The van der Waals surface area contributed by atoms with Crippen LogP contribution in [0.15, 0.2) is 53.4 Å². The Kier molecular flexibility index (Phi) is 3.99. The summed E-state index contributed by atoms with van der Waals surface area (Å²) in [4.78, 5) is 0.262. The lowest BCUT2D eigenvalue weighted by Gasteiger charge is -2.23. The molecule has 4 nitrogen and oxygen atoms in total. The third-order valence-corrected chi connectivity index (χ3v) is 4.95. The number of phenols is 1. The molecule has 0 unspecified atom stereocenters. The summed E-state index contributed by atoms with van der Waals surface area (Å²) < 4.78 is 26.6. The Hall–Kier alpha value is -2.01. The largest absolute Gasteiger partial charge is 0.508 e. The van der Waals surface area contributed by atoms with Crippen molar-refractivity contribution in [2.45, 2.75) is 18.7 Å². The Bertz CT molecular complexity index is 676. The van der Waals surface area contributed by atoms with E-state index in [9.17, 15) is 13.5 Å². The number of anilines is 1. The van der Waals surface area contributed by atoms with Crippen LogP contribution in [0, 0.1) is 6.92 Å². The topological polar surface area (TPSA) is 57.6 Å². The summed E-state index contributed by atoms with van der Waals surface area (Å²) in [5.74, 6) is 0.109. The molecule has 0 saturated carbocycles. The molecule has 5 heteroatoms. The zero-order valence-corrected chi connectivity index (χ0v) is 12.3. The van der Waals surface area contributed by atoms with E-state index in [1.807, 2.05) is 6.92 Å². The number of aromatic hydroxyl groups is 1. The van der Waals surface area contributed by atoms with E-state index in [-0.39, 0.29) is 10.6 Å². The van der Waals surface area contributed by atoms with Gasteiger partial charge in [0.25, 0.3) is 10.0 Å². The van der Waals surface area contributed by atoms with E-state index >= 15 is 0 Å². The molecule has 0 aliphatic heterocycles. The summed E-state index contributed by atoms with van der Waals surface area (Å²) >= 11 is 0. The predicted octanol–water partition coefficient (Wildman–Crippen LogP) is 2.92. The molecule has 0 spiro atoms. The molecule has 0 heterocycles. The van der Waals surface area contributed by atoms with E-state index in [1.54, 1.807) is 43.3 Å². The zero-order valence-electron chi connectivity index (χ0n) is 11.4. The second kappa shape index (κ2) is 5.54. The van der Waals surface area contributed by atoms with Crippen molar-refractivity contribution in [3.05, 3.63) is 54.1 Å². The Morgan fingerprint density at radius 2 is 1.55 bits per heavy atom. The van der Waals surface area contributed by atoms with Gasteiger partial charge < -0.3 is 5.11 Å². The molecular weight excluding hydrogens is 274 g/mol. The van der Waals surface area contributed by atoms with Crippen LogP contribution >= 0.6 is 0 Å². The van der Waals surface area contributed by atoms with E-state index in [4.69, 9.17) is 0 Å². The first-order chi connectivity index (χ1) is 9.45. The lowest BCUT2D eigenvalue weighted by molar-refractivity contribution is 0.475. The maximum Gasteiger partial charge on any atom is 0.264 e. The smallest absolute Gasteiger partial charge is 0.264 e. The van der Waals surface area contributed by atoms with Crippen LogP contribution in [0.3, 0.4) is 0 Å². The van der Waals surface area contributed by atoms with Crippen LogP contribution in [0.4, 0.5) is 5.69 Å². The SMILES string of the molecule is CCN(c1ccc(O)cc1)S(=O)(=O)c1ccc(C)cc1. The lowest BCUT2D eigenvalue weighted by Crippen LogP contribution is -2.30. The maximum atomic E-state index is 12.6. The third kappa shape index (κ3) is 2.77. The van der Waals surface area contributed by atoms with E-state index in [0.29, 0.717) is 12.2 Å². The molecule has 2 aromatic rings. The third-order valence-electron chi connectivity index (χ3n) is 3.03. The number of rotatable bonds is 4. The summed E-state index contributed by atoms with van der Waals surface area (Å²) in [6, 6.07) is 12.9.